The monoisotopic (exact) mass is 458 g/mol. The Labute approximate surface area is 200 Å². The molecule has 176 valence electrons. The molecule has 1 aliphatic rings. The lowest BCUT2D eigenvalue weighted by atomic mass is 10.0. The quantitative estimate of drug-likeness (QED) is 0.519. The molecular formula is C28H30N2O4. The van der Waals surface area contributed by atoms with Crippen LogP contribution in [0.15, 0.2) is 66.7 Å². The van der Waals surface area contributed by atoms with Gasteiger partial charge in [-0.2, -0.15) is 0 Å². The summed E-state index contributed by atoms with van der Waals surface area (Å²) in [5.41, 5.74) is 4.61. The van der Waals surface area contributed by atoms with Crippen LogP contribution < -0.4 is 14.8 Å². The molecule has 6 heteroatoms. The first-order chi connectivity index (χ1) is 16.5. The number of benzene rings is 3. The molecule has 0 saturated carbocycles. The maximum atomic E-state index is 13.3. The van der Waals surface area contributed by atoms with Crippen molar-refractivity contribution in [2.24, 2.45) is 0 Å². The van der Waals surface area contributed by atoms with Gasteiger partial charge in [-0.05, 0) is 53.3 Å². The van der Waals surface area contributed by atoms with Crippen molar-refractivity contribution < 1.29 is 19.1 Å². The van der Waals surface area contributed by atoms with Gasteiger partial charge in [0.2, 0.25) is 5.91 Å². The molecule has 3 aromatic carbocycles. The largest absolute Gasteiger partial charge is 0.493 e. The van der Waals surface area contributed by atoms with E-state index in [1.54, 1.807) is 25.2 Å². The number of hydrogen-bond donors (Lipinski definition) is 1. The molecule has 0 fully saturated rings. The predicted octanol–water partition coefficient (Wildman–Crippen LogP) is 4.32. The fourth-order valence-electron chi connectivity index (χ4n) is 4.36. The number of ether oxygens (including phenoxy) is 2. The Bertz CT molecular complexity index is 1170. The predicted molar refractivity (Wildman–Crippen MR) is 131 cm³/mol. The van der Waals surface area contributed by atoms with E-state index in [1.165, 1.54) is 5.56 Å². The summed E-state index contributed by atoms with van der Waals surface area (Å²) in [5.74, 6) is 1.03. The van der Waals surface area contributed by atoms with Gasteiger partial charge in [-0.3, -0.25) is 9.59 Å². The lowest BCUT2D eigenvalue weighted by Crippen LogP contribution is -2.39. The van der Waals surface area contributed by atoms with Gasteiger partial charge in [0, 0.05) is 18.7 Å². The summed E-state index contributed by atoms with van der Waals surface area (Å²) < 4.78 is 10.7. The van der Waals surface area contributed by atoms with Gasteiger partial charge in [0.1, 0.15) is 6.04 Å². The van der Waals surface area contributed by atoms with Crippen LogP contribution in [0.1, 0.15) is 45.6 Å². The molecule has 0 unspecified atom stereocenters. The average Bonchev–Trinajstić information content (AvgIpc) is 3.15. The maximum Gasteiger partial charge on any atom is 0.255 e. The fraction of sp³-hybridized carbons (Fsp3) is 0.286. The molecule has 0 bridgehead atoms. The minimum absolute atomic E-state index is 0.116. The molecule has 1 atom stereocenters. The lowest BCUT2D eigenvalue weighted by molar-refractivity contribution is -0.125. The number of methoxy groups -OCH3 is 2. The van der Waals surface area contributed by atoms with Crippen LogP contribution in [-0.4, -0.2) is 37.5 Å². The van der Waals surface area contributed by atoms with Gasteiger partial charge in [-0.1, -0.05) is 55.5 Å². The molecule has 0 aliphatic carbocycles. The van der Waals surface area contributed by atoms with Gasteiger partial charge in [-0.15, -0.1) is 0 Å². The number of carbonyl (C=O) groups excluding carboxylic acids is 2. The molecule has 0 saturated heterocycles. The molecule has 1 heterocycles. The normalized spacial score (nSPS) is 14.6. The Balaban J connectivity index is 1.48. The van der Waals surface area contributed by atoms with Crippen LogP contribution in [0.3, 0.4) is 0 Å². The Kier molecular flexibility index (Phi) is 7.16. The summed E-state index contributed by atoms with van der Waals surface area (Å²) in [7, 11) is 3.20. The highest BCUT2D eigenvalue weighted by atomic mass is 16.5. The second kappa shape index (κ2) is 10.4. The van der Waals surface area contributed by atoms with Gasteiger partial charge in [0.05, 0.1) is 14.2 Å². The topological polar surface area (TPSA) is 67.9 Å². The van der Waals surface area contributed by atoms with Gasteiger partial charge in [0.15, 0.2) is 11.5 Å². The van der Waals surface area contributed by atoms with Crippen molar-refractivity contribution in [2.75, 3.05) is 20.8 Å². The summed E-state index contributed by atoms with van der Waals surface area (Å²) in [5, 5.41) is 3.03. The molecule has 2 amide bonds. The van der Waals surface area contributed by atoms with Crippen molar-refractivity contribution in [1.82, 2.24) is 10.2 Å². The highest BCUT2D eigenvalue weighted by molar-refractivity contribution is 6.04. The van der Waals surface area contributed by atoms with E-state index in [4.69, 9.17) is 9.47 Å². The number of nitrogens with zero attached hydrogens (tertiary/aromatic N) is 1. The van der Waals surface area contributed by atoms with Crippen molar-refractivity contribution in [3.05, 3.63) is 94.5 Å². The summed E-state index contributed by atoms with van der Waals surface area (Å²) in [4.78, 5) is 28.2. The zero-order valence-electron chi connectivity index (χ0n) is 19.8. The smallest absolute Gasteiger partial charge is 0.255 e. The standard InChI is InChI=1S/C28H30N2O4/c1-4-19-9-11-21(12-10-19)18-30-26(22-7-5-6-8-23(22)28(30)32)27(31)29-16-15-20-13-14-24(33-2)25(17-20)34-3/h5-14,17,26H,4,15-16,18H2,1-3H3,(H,29,31)/t26-/m0/s1. The van der Waals surface area contributed by atoms with Gasteiger partial charge < -0.3 is 19.7 Å². The van der Waals surface area contributed by atoms with Crippen molar-refractivity contribution in [2.45, 2.75) is 32.4 Å². The van der Waals surface area contributed by atoms with Gasteiger partial charge in [0.25, 0.3) is 5.91 Å². The summed E-state index contributed by atoms with van der Waals surface area (Å²) >= 11 is 0. The van der Waals surface area contributed by atoms with E-state index in [0.29, 0.717) is 36.6 Å². The summed E-state index contributed by atoms with van der Waals surface area (Å²) in [6, 6.07) is 20.6. The van der Waals surface area contributed by atoms with Crippen LogP contribution in [0.5, 0.6) is 11.5 Å². The Morgan fingerprint density at radius 1 is 0.912 bits per heavy atom. The van der Waals surface area contributed by atoms with Gasteiger partial charge >= 0.3 is 0 Å². The Morgan fingerprint density at radius 2 is 1.59 bits per heavy atom. The fourth-order valence-corrected chi connectivity index (χ4v) is 4.36. The molecule has 0 radical (unpaired) electrons. The third kappa shape index (κ3) is 4.76. The number of fused-ring (bicyclic) bond motifs is 1. The highest BCUT2D eigenvalue weighted by Crippen LogP contribution is 2.35. The first kappa shape index (κ1) is 23.4. The Hall–Kier alpha value is -3.80. The molecule has 6 nitrogen and oxygen atoms in total. The third-order valence-electron chi connectivity index (χ3n) is 6.25. The zero-order valence-corrected chi connectivity index (χ0v) is 19.8. The first-order valence-corrected chi connectivity index (χ1v) is 11.5. The minimum Gasteiger partial charge on any atom is -0.493 e. The summed E-state index contributed by atoms with van der Waals surface area (Å²) in [6.45, 7) is 2.93. The second-order valence-electron chi connectivity index (χ2n) is 8.32. The van der Waals surface area contributed by atoms with Crippen molar-refractivity contribution >= 4 is 11.8 Å². The molecule has 0 aromatic heterocycles. The van der Waals surface area contributed by atoms with E-state index in [9.17, 15) is 9.59 Å². The number of aryl methyl sites for hydroxylation is 1. The minimum atomic E-state index is -0.653. The van der Waals surface area contributed by atoms with Gasteiger partial charge in [-0.25, -0.2) is 0 Å². The Morgan fingerprint density at radius 3 is 2.29 bits per heavy atom. The molecule has 4 rings (SSSR count). The number of amides is 2. The van der Waals surface area contributed by atoms with E-state index in [0.717, 1.165) is 23.1 Å². The number of rotatable bonds is 9. The van der Waals surface area contributed by atoms with E-state index in [-0.39, 0.29) is 11.8 Å². The SMILES string of the molecule is CCc1ccc(CN2C(=O)c3ccccc3[C@H]2C(=O)NCCc2ccc(OC)c(OC)c2)cc1. The van der Waals surface area contributed by atoms with E-state index in [2.05, 4.69) is 24.4 Å². The molecule has 0 spiro atoms. The van der Waals surface area contributed by atoms with Crippen LogP contribution in [0, 0.1) is 0 Å². The number of nitrogens with one attached hydrogen (secondary N) is 1. The molecule has 34 heavy (non-hydrogen) atoms. The highest BCUT2D eigenvalue weighted by Gasteiger charge is 2.40. The van der Waals surface area contributed by atoms with Crippen molar-refractivity contribution in [3.63, 3.8) is 0 Å². The second-order valence-corrected chi connectivity index (χ2v) is 8.32. The van der Waals surface area contributed by atoms with E-state index < -0.39 is 6.04 Å². The molecule has 3 aromatic rings. The van der Waals surface area contributed by atoms with Crippen LogP contribution >= 0.6 is 0 Å². The molecule has 1 N–H and O–H groups in total. The van der Waals surface area contributed by atoms with E-state index >= 15 is 0 Å². The van der Waals surface area contributed by atoms with Crippen LogP contribution in [0.25, 0.3) is 0 Å². The lowest BCUT2D eigenvalue weighted by Gasteiger charge is -2.25. The molecular weight excluding hydrogens is 428 g/mol. The van der Waals surface area contributed by atoms with Crippen LogP contribution in [-0.2, 0) is 24.2 Å². The van der Waals surface area contributed by atoms with Crippen molar-refractivity contribution in [3.8, 4) is 11.5 Å². The third-order valence-corrected chi connectivity index (χ3v) is 6.25. The summed E-state index contributed by atoms with van der Waals surface area (Å²) in [6.07, 6.45) is 1.59. The maximum absolute atomic E-state index is 13.3. The average molecular weight is 459 g/mol. The van der Waals surface area contributed by atoms with Crippen LogP contribution in [0.4, 0.5) is 0 Å². The molecule has 1 aliphatic heterocycles. The number of hydrogen-bond acceptors (Lipinski definition) is 4. The van der Waals surface area contributed by atoms with E-state index in [1.807, 2.05) is 48.5 Å². The van der Waals surface area contributed by atoms with Crippen molar-refractivity contribution in [1.29, 1.82) is 0 Å². The zero-order chi connectivity index (χ0) is 24.1. The van der Waals surface area contributed by atoms with Crippen LogP contribution in [0.2, 0.25) is 0 Å². The first-order valence-electron chi connectivity index (χ1n) is 11.5. The number of carbonyl (C=O) groups is 2.